The smallest absolute Gasteiger partial charge is 0.379 e. The minimum Gasteiger partial charge on any atom is -0.497 e. The Kier molecular flexibility index (Phi) is 5.08. The van der Waals surface area contributed by atoms with Crippen LogP contribution >= 0.6 is 0 Å². The highest BCUT2D eigenvalue weighted by atomic mass is 32.2. The monoisotopic (exact) mass is 459 g/mol. The lowest BCUT2D eigenvalue weighted by molar-refractivity contribution is 0.415. The van der Waals surface area contributed by atoms with Crippen molar-refractivity contribution in [3.05, 3.63) is 79.4 Å². The summed E-state index contributed by atoms with van der Waals surface area (Å²) in [6, 6.07) is 18.2. The number of aromatic nitrogens is 5. The van der Waals surface area contributed by atoms with Crippen molar-refractivity contribution >= 4 is 21.2 Å². The van der Waals surface area contributed by atoms with Crippen molar-refractivity contribution in [3.63, 3.8) is 0 Å². The predicted molar refractivity (Wildman–Crippen MR) is 123 cm³/mol. The van der Waals surface area contributed by atoms with Crippen LogP contribution in [0.4, 0.5) is 0 Å². The molecule has 0 aliphatic heterocycles. The first-order valence-corrected chi connectivity index (χ1v) is 11.2. The molecule has 2 aromatic carbocycles. The molecular formula is C23H17N5O4S. The maximum atomic E-state index is 11.8. The topological polar surface area (TPSA) is 120 Å². The average Bonchev–Trinajstić information content (AvgIpc) is 3.30. The third-order valence-electron chi connectivity index (χ3n) is 5.15. The first-order chi connectivity index (χ1) is 15.9. The van der Waals surface area contributed by atoms with Crippen LogP contribution in [0.1, 0.15) is 0 Å². The van der Waals surface area contributed by atoms with E-state index in [4.69, 9.17) is 4.74 Å². The second kappa shape index (κ2) is 8.08. The van der Waals surface area contributed by atoms with E-state index in [1.165, 1.54) is 12.5 Å². The van der Waals surface area contributed by atoms with Crippen molar-refractivity contribution in [2.75, 3.05) is 7.11 Å². The maximum absolute atomic E-state index is 11.8. The molecule has 0 unspecified atom stereocenters. The first kappa shape index (κ1) is 20.7. The van der Waals surface area contributed by atoms with Crippen LogP contribution in [0.25, 0.3) is 44.7 Å². The Hall–Kier alpha value is -4.15. The normalized spacial score (nSPS) is 11.6. The highest BCUT2D eigenvalue weighted by Gasteiger charge is 2.20. The summed E-state index contributed by atoms with van der Waals surface area (Å²) >= 11 is 0. The van der Waals surface area contributed by atoms with Crippen molar-refractivity contribution < 1.29 is 17.7 Å². The second-order valence-corrected chi connectivity index (χ2v) is 8.41. The standard InChI is InChI=1S/C23H17N5O4S/c1-32-17-8-5-15(6-9-17)22-18-12-16(7-10-20(18)25-14-26-22)19-13-28(33(29,30)31)27-23(19)21-4-2-3-11-24-21/h2-14H,1H3,(H,29,30,31). The molecule has 3 heterocycles. The van der Waals surface area contributed by atoms with Crippen LogP contribution in [0.2, 0.25) is 0 Å². The van der Waals surface area contributed by atoms with Gasteiger partial charge in [0.1, 0.15) is 17.8 Å². The van der Waals surface area contributed by atoms with Crippen LogP contribution < -0.4 is 4.74 Å². The number of hydrogen-bond donors (Lipinski definition) is 1. The van der Waals surface area contributed by atoms with Gasteiger partial charge in [-0.1, -0.05) is 12.1 Å². The lowest BCUT2D eigenvalue weighted by atomic mass is 10.00. The molecule has 0 aliphatic rings. The van der Waals surface area contributed by atoms with Crippen molar-refractivity contribution in [1.82, 2.24) is 24.1 Å². The molecule has 5 rings (SSSR count). The van der Waals surface area contributed by atoms with Gasteiger partial charge >= 0.3 is 10.3 Å². The number of fused-ring (bicyclic) bond motifs is 1. The summed E-state index contributed by atoms with van der Waals surface area (Å²) in [6.45, 7) is 0. The minimum absolute atomic E-state index is 0.315. The van der Waals surface area contributed by atoms with Gasteiger partial charge in [0.25, 0.3) is 0 Å². The third-order valence-corrected chi connectivity index (χ3v) is 5.81. The highest BCUT2D eigenvalue weighted by molar-refractivity contribution is 7.84. The largest absolute Gasteiger partial charge is 0.497 e. The van der Waals surface area contributed by atoms with Crippen molar-refractivity contribution in [1.29, 1.82) is 0 Å². The molecule has 0 aliphatic carbocycles. The molecule has 0 saturated heterocycles. The van der Waals surface area contributed by atoms with Gasteiger partial charge in [0.2, 0.25) is 0 Å². The summed E-state index contributed by atoms with van der Waals surface area (Å²) < 4.78 is 38.9. The molecule has 0 spiro atoms. The molecule has 0 radical (unpaired) electrons. The zero-order chi connectivity index (χ0) is 23.0. The van der Waals surface area contributed by atoms with E-state index in [2.05, 4.69) is 20.1 Å². The number of ether oxygens (including phenoxy) is 1. The summed E-state index contributed by atoms with van der Waals surface area (Å²) in [7, 11) is -2.98. The van der Waals surface area contributed by atoms with E-state index in [1.54, 1.807) is 31.5 Å². The van der Waals surface area contributed by atoms with E-state index >= 15 is 0 Å². The predicted octanol–water partition coefficient (Wildman–Crippen LogP) is 3.88. The minimum atomic E-state index is -4.58. The molecular weight excluding hydrogens is 442 g/mol. The highest BCUT2D eigenvalue weighted by Crippen LogP contribution is 2.34. The lowest BCUT2D eigenvalue weighted by Gasteiger charge is -2.09. The summed E-state index contributed by atoms with van der Waals surface area (Å²) in [5, 5.41) is 4.85. The van der Waals surface area contributed by atoms with Crippen molar-refractivity contribution in [2.45, 2.75) is 0 Å². The van der Waals surface area contributed by atoms with Crippen LogP contribution in [0.3, 0.4) is 0 Å². The molecule has 164 valence electrons. The fourth-order valence-corrected chi connectivity index (χ4v) is 4.00. The Morgan fingerprint density at radius 1 is 0.909 bits per heavy atom. The Bertz CT molecular complexity index is 1570. The van der Waals surface area contributed by atoms with Crippen LogP contribution in [0.5, 0.6) is 5.75 Å². The summed E-state index contributed by atoms with van der Waals surface area (Å²) in [5.41, 5.74) is 4.25. The van der Waals surface area contributed by atoms with Gasteiger partial charge < -0.3 is 4.74 Å². The number of benzene rings is 2. The van der Waals surface area contributed by atoms with Crippen molar-refractivity contribution in [2.24, 2.45) is 0 Å². The Morgan fingerprint density at radius 2 is 1.70 bits per heavy atom. The molecule has 0 fully saturated rings. The molecule has 9 nitrogen and oxygen atoms in total. The molecule has 0 bridgehead atoms. The zero-order valence-corrected chi connectivity index (χ0v) is 18.1. The first-order valence-electron chi connectivity index (χ1n) is 9.82. The fourth-order valence-electron chi connectivity index (χ4n) is 3.58. The van der Waals surface area contributed by atoms with Gasteiger partial charge in [-0.25, -0.2) is 9.97 Å². The van der Waals surface area contributed by atoms with Crippen LogP contribution in [0, 0.1) is 0 Å². The van der Waals surface area contributed by atoms with Crippen LogP contribution in [-0.4, -0.2) is 44.2 Å². The molecule has 10 heteroatoms. The van der Waals surface area contributed by atoms with Gasteiger partial charge in [0, 0.05) is 22.7 Å². The van der Waals surface area contributed by atoms with E-state index in [0.717, 1.165) is 22.2 Å². The average molecular weight is 459 g/mol. The quantitative estimate of drug-likeness (QED) is 0.393. The molecule has 1 N–H and O–H groups in total. The van der Waals surface area contributed by atoms with Gasteiger partial charge in [-0.05, 0) is 54.1 Å². The molecule has 3 aromatic heterocycles. The Balaban J connectivity index is 1.72. The number of nitrogens with zero attached hydrogens (tertiary/aromatic N) is 5. The lowest BCUT2D eigenvalue weighted by Crippen LogP contribution is -2.11. The SMILES string of the molecule is COc1ccc(-c2ncnc3ccc(-c4cn(S(=O)(=O)O)nc4-c4ccccn4)cc23)cc1. The Labute approximate surface area is 189 Å². The van der Waals surface area contributed by atoms with E-state index in [-0.39, 0.29) is 0 Å². The molecule has 0 atom stereocenters. The number of rotatable bonds is 5. The Morgan fingerprint density at radius 3 is 2.39 bits per heavy atom. The second-order valence-electron chi connectivity index (χ2n) is 7.14. The summed E-state index contributed by atoms with van der Waals surface area (Å²) in [6.07, 6.45) is 4.34. The summed E-state index contributed by atoms with van der Waals surface area (Å²) in [5.74, 6) is 0.732. The van der Waals surface area contributed by atoms with Gasteiger partial charge in [0.05, 0.1) is 30.2 Å². The fraction of sp³-hybridized carbons (Fsp3) is 0.0435. The molecule has 33 heavy (non-hydrogen) atoms. The van der Waals surface area contributed by atoms with E-state index in [0.29, 0.717) is 32.3 Å². The van der Waals surface area contributed by atoms with Gasteiger partial charge in [-0.15, -0.1) is 4.09 Å². The zero-order valence-electron chi connectivity index (χ0n) is 17.3. The van der Waals surface area contributed by atoms with Gasteiger partial charge in [0.15, 0.2) is 0 Å². The van der Waals surface area contributed by atoms with E-state index < -0.39 is 10.3 Å². The van der Waals surface area contributed by atoms with Gasteiger partial charge in [-0.2, -0.15) is 13.5 Å². The third kappa shape index (κ3) is 3.93. The van der Waals surface area contributed by atoms with E-state index in [9.17, 15) is 13.0 Å². The summed E-state index contributed by atoms with van der Waals surface area (Å²) in [4.78, 5) is 13.1. The van der Waals surface area contributed by atoms with Gasteiger partial charge in [-0.3, -0.25) is 9.54 Å². The molecule has 5 aromatic rings. The van der Waals surface area contributed by atoms with Crippen LogP contribution in [-0.2, 0) is 10.3 Å². The number of pyridine rings is 1. The van der Waals surface area contributed by atoms with Crippen molar-refractivity contribution in [3.8, 4) is 39.5 Å². The van der Waals surface area contributed by atoms with E-state index in [1.807, 2.05) is 42.5 Å². The van der Waals surface area contributed by atoms with Crippen LogP contribution in [0.15, 0.2) is 79.4 Å². The number of methoxy groups -OCH3 is 1. The molecule has 0 saturated carbocycles. The molecule has 0 amide bonds. The maximum Gasteiger partial charge on any atom is 0.379 e. The number of hydrogen-bond acceptors (Lipinski definition) is 7.